The molecule has 64 valence electrons. The van der Waals surface area contributed by atoms with Gasteiger partial charge in [0.1, 0.15) is 5.69 Å². The van der Waals surface area contributed by atoms with Crippen molar-refractivity contribution >= 4 is 17.3 Å². The second kappa shape index (κ2) is 3.31. The molecule has 1 aliphatic carbocycles. The summed E-state index contributed by atoms with van der Waals surface area (Å²) < 4.78 is 3.69. The summed E-state index contributed by atoms with van der Waals surface area (Å²) in [5.41, 5.74) is 0.562. The summed E-state index contributed by atoms with van der Waals surface area (Å²) in [5.74, 6) is 0.426. The van der Waals surface area contributed by atoms with E-state index in [2.05, 4.69) is 9.59 Å². The fourth-order valence-corrected chi connectivity index (χ4v) is 2.11. The van der Waals surface area contributed by atoms with Gasteiger partial charge < -0.3 is 0 Å². The molecule has 1 fully saturated rings. The Kier molecular flexibility index (Phi) is 2.17. The van der Waals surface area contributed by atoms with Crippen LogP contribution in [-0.4, -0.2) is 15.4 Å². The lowest BCUT2D eigenvalue weighted by Crippen LogP contribution is -2.11. The molecule has 0 N–H and O–H groups in total. The van der Waals surface area contributed by atoms with E-state index in [-0.39, 0.29) is 11.7 Å². The van der Waals surface area contributed by atoms with Gasteiger partial charge in [-0.1, -0.05) is 17.3 Å². The molecule has 1 aliphatic rings. The molecule has 0 radical (unpaired) electrons. The van der Waals surface area contributed by atoms with Crippen molar-refractivity contribution < 1.29 is 4.79 Å². The Morgan fingerprint density at radius 2 is 2.25 bits per heavy atom. The van der Waals surface area contributed by atoms with E-state index in [1.165, 1.54) is 24.4 Å². The highest BCUT2D eigenvalue weighted by Crippen LogP contribution is 2.27. The van der Waals surface area contributed by atoms with Crippen molar-refractivity contribution in [2.45, 2.75) is 25.7 Å². The van der Waals surface area contributed by atoms with Crippen LogP contribution in [0.2, 0.25) is 0 Å². The van der Waals surface area contributed by atoms with Crippen LogP contribution in [0.5, 0.6) is 0 Å². The summed E-state index contributed by atoms with van der Waals surface area (Å²) in [4.78, 5) is 11.6. The summed E-state index contributed by atoms with van der Waals surface area (Å²) in [6, 6.07) is 0. The number of nitrogens with zero attached hydrogens (tertiary/aromatic N) is 2. The molecule has 0 atom stereocenters. The van der Waals surface area contributed by atoms with Crippen molar-refractivity contribution in [3.8, 4) is 0 Å². The zero-order valence-electron chi connectivity index (χ0n) is 6.69. The topological polar surface area (TPSA) is 42.9 Å². The zero-order valence-corrected chi connectivity index (χ0v) is 7.51. The van der Waals surface area contributed by atoms with Crippen LogP contribution in [0.3, 0.4) is 0 Å². The van der Waals surface area contributed by atoms with Crippen LogP contribution in [0.4, 0.5) is 0 Å². The molecular weight excluding hydrogens is 172 g/mol. The van der Waals surface area contributed by atoms with Crippen molar-refractivity contribution in [1.29, 1.82) is 0 Å². The third-order valence-electron chi connectivity index (χ3n) is 2.34. The molecule has 0 unspecified atom stereocenters. The van der Waals surface area contributed by atoms with Crippen LogP contribution in [0.15, 0.2) is 5.38 Å². The molecule has 3 nitrogen and oxygen atoms in total. The number of carbonyl (C=O) groups excluding carboxylic acids is 1. The minimum absolute atomic E-state index is 0.196. The average Bonchev–Trinajstić information content (AvgIpc) is 2.77. The lowest BCUT2D eigenvalue weighted by molar-refractivity contribution is 0.0918. The predicted octanol–water partition coefficient (Wildman–Crippen LogP) is 1.91. The van der Waals surface area contributed by atoms with Crippen LogP contribution in [-0.2, 0) is 0 Å². The molecule has 12 heavy (non-hydrogen) atoms. The van der Waals surface area contributed by atoms with Gasteiger partial charge in [0.25, 0.3) is 0 Å². The molecule has 1 saturated carbocycles. The number of hydrogen-bond donors (Lipinski definition) is 0. The second-order valence-electron chi connectivity index (χ2n) is 3.14. The van der Waals surface area contributed by atoms with Crippen molar-refractivity contribution in [2.75, 3.05) is 0 Å². The van der Waals surface area contributed by atoms with Crippen LogP contribution < -0.4 is 0 Å². The largest absolute Gasteiger partial charge is 0.292 e. The van der Waals surface area contributed by atoms with E-state index >= 15 is 0 Å². The van der Waals surface area contributed by atoms with Gasteiger partial charge in [0.15, 0.2) is 5.78 Å². The normalized spacial score (nSPS) is 18.3. The van der Waals surface area contributed by atoms with Gasteiger partial charge >= 0.3 is 0 Å². The highest BCUT2D eigenvalue weighted by atomic mass is 32.1. The SMILES string of the molecule is O=C(c1csnn1)C1CCCC1. The van der Waals surface area contributed by atoms with E-state index in [0.717, 1.165) is 12.8 Å². The first-order valence-electron chi connectivity index (χ1n) is 4.19. The Labute approximate surface area is 75.0 Å². The van der Waals surface area contributed by atoms with E-state index in [0.29, 0.717) is 5.69 Å². The molecule has 2 rings (SSSR count). The third kappa shape index (κ3) is 1.39. The summed E-state index contributed by atoms with van der Waals surface area (Å²) in [7, 11) is 0. The molecule has 0 aromatic carbocycles. The highest BCUT2D eigenvalue weighted by molar-refractivity contribution is 7.03. The molecule has 0 amide bonds. The van der Waals surface area contributed by atoms with Gasteiger partial charge in [-0.15, -0.1) is 5.10 Å². The monoisotopic (exact) mass is 182 g/mol. The van der Waals surface area contributed by atoms with Gasteiger partial charge in [0.05, 0.1) is 0 Å². The zero-order chi connectivity index (χ0) is 8.39. The minimum Gasteiger partial charge on any atom is -0.292 e. The van der Waals surface area contributed by atoms with Crippen LogP contribution in [0.1, 0.15) is 36.2 Å². The highest BCUT2D eigenvalue weighted by Gasteiger charge is 2.25. The van der Waals surface area contributed by atoms with E-state index in [1.54, 1.807) is 5.38 Å². The van der Waals surface area contributed by atoms with Crippen molar-refractivity contribution in [1.82, 2.24) is 9.59 Å². The molecule has 4 heteroatoms. The minimum atomic E-state index is 0.196. The summed E-state index contributed by atoms with van der Waals surface area (Å²) in [6.07, 6.45) is 4.45. The molecular formula is C8H10N2OS. The molecule has 0 saturated heterocycles. The van der Waals surface area contributed by atoms with E-state index in [1.807, 2.05) is 0 Å². The second-order valence-corrected chi connectivity index (χ2v) is 3.75. The number of hydrogen-bond acceptors (Lipinski definition) is 4. The van der Waals surface area contributed by atoms with Crippen LogP contribution >= 0.6 is 11.5 Å². The van der Waals surface area contributed by atoms with Gasteiger partial charge in [0, 0.05) is 11.3 Å². The van der Waals surface area contributed by atoms with Gasteiger partial charge in [-0.25, -0.2) is 0 Å². The molecule has 0 aliphatic heterocycles. The van der Waals surface area contributed by atoms with Crippen molar-refractivity contribution in [2.24, 2.45) is 5.92 Å². The summed E-state index contributed by atoms with van der Waals surface area (Å²) in [5, 5.41) is 5.52. The lowest BCUT2D eigenvalue weighted by atomic mass is 10.0. The van der Waals surface area contributed by atoms with Gasteiger partial charge in [-0.2, -0.15) is 0 Å². The van der Waals surface area contributed by atoms with E-state index in [9.17, 15) is 4.79 Å². The fraction of sp³-hybridized carbons (Fsp3) is 0.625. The number of rotatable bonds is 2. The smallest absolute Gasteiger partial charge is 0.187 e. The first-order valence-corrected chi connectivity index (χ1v) is 5.03. The van der Waals surface area contributed by atoms with Crippen molar-refractivity contribution in [3.05, 3.63) is 11.1 Å². The quantitative estimate of drug-likeness (QED) is 0.656. The maximum atomic E-state index is 11.6. The van der Waals surface area contributed by atoms with E-state index < -0.39 is 0 Å². The van der Waals surface area contributed by atoms with E-state index in [4.69, 9.17) is 0 Å². The lowest BCUT2D eigenvalue weighted by Gasteiger charge is -2.02. The van der Waals surface area contributed by atoms with Crippen LogP contribution in [0, 0.1) is 5.92 Å². The molecule has 1 aromatic heterocycles. The standard InChI is InChI=1S/C8H10N2OS/c11-8(6-3-1-2-4-6)7-5-12-10-9-7/h5-6H,1-4H2. The van der Waals surface area contributed by atoms with Gasteiger partial charge in [-0.05, 0) is 24.4 Å². The Bertz CT molecular complexity index is 265. The fourth-order valence-electron chi connectivity index (χ4n) is 1.67. The number of ketones is 1. The molecule has 0 spiro atoms. The molecule has 0 bridgehead atoms. The molecule has 1 aromatic rings. The third-order valence-corrected chi connectivity index (χ3v) is 2.84. The van der Waals surface area contributed by atoms with Crippen LogP contribution in [0.25, 0.3) is 0 Å². The first kappa shape index (κ1) is 7.86. The maximum Gasteiger partial charge on any atom is 0.187 e. The first-order chi connectivity index (χ1) is 5.88. The van der Waals surface area contributed by atoms with Gasteiger partial charge in [-0.3, -0.25) is 4.79 Å². The van der Waals surface area contributed by atoms with Gasteiger partial charge in [0.2, 0.25) is 0 Å². The average molecular weight is 182 g/mol. The predicted molar refractivity (Wildman–Crippen MR) is 46.2 cm³/mol. The Morgan fingerprint density at radius 3 is 2.83 bits per heavy atom. The summed E-state index contributed by atoms with van der Waals surface area (Å²) in [6.45, 7) is 0. The van der Waals surface area contributed by atoms with Crippen molar-refractivity contribution in [3.63, 3.8) is 0 Å². The Hall–Kier alpha value is -0.770. The Morgan fingerprint density at radius 1 is 1.50 bits per heavy atom. The Balaban J connectivity index is 2.09. The number of Topliss-reactive ketones (excluding diaryl/α,β-unsaturated/α-hetero) is 1. The maximum absolute atomic E-state index is 11.6. The number of carbonyl (C=O) groups is 1. The molecule has 1 heterocycles. The summed E-state index contributed by atoms with van der Waals surface area (Å²) >= 11 is 1.24. The number of aromatic nitrogens is 2.